The lowest BCUT2D eigenvalue weighted by Crippen LogP contribution is -2.48. The maximum atomic E-state index is 12.8. The first-order chi connectivity index (χ1) is 17.4. The molecule has 5 nitrogen and oxygen atoms in total. The van der Waals surface area contributed by atoms with E-state index >= 15 is 0 Å². The van der Waals surface area contributed by atoms with Gasteiger partial charge in [-0.25, -0.2) is 0 Å². The SMILES string of the molecule is CCCCCCCCCCCCCCCCOC(C)[C@@](S)(CC(=O)OCCCC)C(=O)OCCCC. The zero-order valence-corrected chi connectivity index (χ0v) is 25.0. The Kier molecular flexibility index (Phi) is 24.1. The van der Waals surface area contributed by atoms with E-state index < -0.39 is 22.8 Å². The Balaban J connectivity index is 4.15. The summed E-state index contributed by atoms with van der Waals surface area (Å²) in [6, 6.07) is 0. The number of rotatable bonds is 26. The molecule has 36 heavy (non-hydrogen) atoms. The third kappa shape index (κ3) is 18.5. The molecule has 2 atom stereocenters. The fraction of sp³-hybridized carbons (Fsp3) is 0.933. The largest absolute Gasteiger partial charge is 0.466 e. The van der Waals surface area contributed by atoms with E-state index in [4.69, 9.17) is 14.2 Å². The molecular formula is C30H58O5S. The van der Waals surface area contributed by atoms with Crippen LogP contribution in [0.25, 0.3) is 0 Å². The van der Waals surface area contributed by atoms with E-state index in [0.717, 1.165) is 38.5 Å². The van der Waals surface area contributed by atoms with Crippen LogP contribution < -0.4 is 0 Å². The molecule has 1 unspecified atom stereocenters. The average molecular weight is 531 g/mol. The third-order valence-corrected chi connectivity index (χ3v) is 7.50. The number of hydrogen-bond acceptors (Lipinski definition) is 6. The molecule has 0 saturated heterocycles. The normalized spacial score (nSPS) is 13.8. The molecule has 0 aromatic heterocycles. The predicted octanol–water partition coefficient (Wildman–Crippen LogP) is 8.62. The molecule has 0 heterocycles. The van der Waals surface area contributed by atoms with Crippen molar-refractivity contribution in [2.45, 2.75) is 161 Å². The molecule has 214 valence electrons. The van der Waals surface area contributed by atoms with Gasteiger partial charge in [-0.15, -0.1) is 0 Å². The van der Waals surface area contributed by atoms with Gasteiger partial charge in [-0.2, -0.15) is 12.6 Å². The molecule has 0 fully saturated rings. The fourth-order valence-electron chi connectivity index (χ4n) is 4.11. The lowest BCUT2D eigenvalue weighted by atomic mass is 9.98. The van der Waals surface area contributed by atoms with E-state index in [-0.39, 0.29) is 6.42 Å². The van der Waals surface area contributed by atoms with Crippen molar-refractivity contribution >= 4 is 24.6 Å². The Morgan fingerprint density at radius 2 is 1.03 bits per heavy atom. The molecule has 0 rings (SSSR count). The van der Waals surface area contributed by atoms with Gasteiger partial charge in [-0.1, -0.05) is 117 Å². The summed E-state index contributed by atoms with van der Waals surface area (Å²) in [5, 5.41) is 0. The highest BCUT2D eigenvalue weighted by Crippen LogP contribution is 2.29. The molecule has 0 radical (unpaired) electrons. The Bertz CT molecular complexity index is 527. The molecule has 0 aliphatic carbocycles. The third-order valence-electron chi connectivity index (χ3n) is 6.80. The van der Waals surface area contributed by atoms with Gasteiger partial charge >= 0.3 is 11.9 Å². The number of hydrogen-bond donors (Lipinski definition) is 1. The molecule has 0 aromatic carbocycles. The number of carbonyl (C=O) groups excluding carboxylic acids is 2. The van der Waals surface area contributed by atoms with Gasteiger partial charge in [0.1, 0.15) is 4.75 Å². The van der Waals surface area contributed by atoms with Gasteiger partial charge in [-0.3, -0.25) is 9.59 Å². The van der Waals surface area contributed by atoms with Gasteiger partial charge in [0, 0.05) is 6.61 Å². The van der Waals surface area contributed by atoms with E-state index in [1.54, 1.807) is 6.92 Å². The first-order valence-electron chi connectivity index (χ1n) is 15.1. The number of esters is 2. The Labute approximate surface area is 228 Å². The standard InChI is InChI=1S/C30H58O5S/c1-5-8-11-12-13-14-15-16-17-18-19-20-21-22-25-33-27(4)30(36,29(32)35-24-10-7-3)26-28(31)34-23-9-6-2/h27,36H,5-26H2,1-4H3/t27?,30-/m0/s1. The minimum absolute atomic E-state index is 0.148. The number of carbonyl (C=O) groups is 2. The highest BCUT2D eigenvalue weighted by Gasteiger charge is 2.45. The van der Waals surface area contributed by atoms with Crippen molar-refractivity contribution in [3.63, 3.8) is 0 Å². The highest BCUT2D eigenvalue weighted by atomic mass is 32.1. The predicted molar refractivity (Wildman–Crippen MR) is 154 cm³/mol. The maximum absolute atomic E-state index is 12.8. The summed E-state index contributed by atoms with van der Waals surface area (Å²) in [6.45, 7) is 9.38. The second-order valence-corrected chi connectivity index (χ2v) is 11.1. The molecule has 0 bridgehead atoms. The van der Waals surface area contributed by atoms with Crippen molar-refractivity contribution in [2.75, 3.05) is 19.8 Å². The minimum Gasteiger partial charge on any atom is -0.466 e. The number of thiol groups is 1. The number of ether oxygens (including phenoxy) is 3. The van der Waals surface area contributed by atoms with E-state index in [2.05, 4.69) is 19.6 Å². The number of unbranched alkanes of at least 4 members (excludes halogenated alkanes) is 15. The lowest BCUT2D eigenvalue weighted by Gasteiger charge is -2.31. The highest BCUT2D eigenvalue weighted by molar-refractivity contribution is 7.82. The smallest absolute Gasteiger partial charge is 0.325 e. The van der Waals surface area contributed by atoms with Crippen LogP contribution in [0.4, 0.5) is 0 Å². The first-order valence-corrected chi connectivity index (χ1v) is 15.5. The summed E-state index contributed by atoms with van der Waals surface area (Å²) in [7, 11) is 0. The van der Waals surface area contributed by atoms with Gasteiger partial charge < -0.3 is 14.2 Å². The minimum atomic E-state index is -1.34. The van der Waals surface area contributed by atoms with Crippen LogP contribution in [0.1, 0.15) is 150 Å². The molecule has 0 spiro atoms. The molecule has 0 aliphatic rings. The molecule has 0 amide bonds. The molecule has 6 heteroatoms. The molecule has 0 saturated carbocycles. The zero-order valence-electron chi connectivity index (χ0n) is 24.1. The van der Waals surface area contributed by atoms with Crippen LogP contribution >= 0.6 is 12.6 Å². The molecule has 0 N–H and O–H groups in total. The zero-order chi connectivity index (χ0) is 26.9. The monoisotopic (exact) mass is 530 g/mol. The van der Waals surface area contributed by atoms with Gasteiger partial charge in [0.15, 0.2) is 0 Å². The van der Waals surface area contributed by atoms with Crippen LogP contribution in [0, 0.1) is 0 Å². The van der Waals surface area contributed by atoms with Crippen molar-refractivity contribution in [1.29, 1.82) is 0 Å². The summed E-state index contributed by atoms with van der Waals surface area (Å²) in [5.74, 6) is -0.932. The van der Waals surface area contributed by atoms with Crippen LogP contribution in [0.3, 0.4) is 0 Å². The second kappa shape index (κ2) is 24.6. The summed E-state index contributed by atoms with van der Waals surface area (Å²) in [4.78, 5) is 25.2. The second-order valence-electron chi connectivity index (χ2n) is 10.3. The topological polar surface area (TPSA) is 61.8 Å². The van der Waals surface area contributed by atoms with E-state index in [1.807, 2.05) is 13.8 Å². The van der Waals surface area contributed by atoms with Gasteiger partial charge in [0.2, 0.25) is 0 Å². The van der Waals surface area contributed by atoms with Crippen LogP contribution in [0.15, 0.2) is 0 Å². The van der Waals surface area contributed by atoms with E-state index in [1.165, 1.54) is 77.0 Å². The van der Waals surface area contributed by atoms with Crippen molar-refractivity contribution in [3.8, 4) is 0 Å². The van der Waals surface area contributed by atoms with Gasteiger partial charge in [-0.05, 0) is 26.2 Å². The Hall–Kier alpha value is -0.750. The van der Waals surface area contributed by atoms with Crippen LogP contribution in [-0.2, 0) is 23.8 Å². The van der Waals surface area contributed by atoms with Crippen molar-refractivity contribution in [2.24, 2.45) is 0 Å². The quantitative estimate of drug-likeness (QED) is 0.0689. The van der Waals surface area contributed by atoms with Crippen LogP contribution in [0.5, 0.6) is 0 Å². The average Bonchev–Trinajstić information content (AvgIpc) is 2.86. The summed E-state index contributed by atoms with van der Waals surface area (Å²) in [6.07, 6.45) is 21.0. The van der Waals surface area contributed by atoms with E-state index in [9.17, 15) is 9.59 Å². The Morgan fingerprint density at radius 1 is 0.611 bits per heavy atom. The van der Waals surface area contributed by atoms with Crippen molar-refractivity contribution in [1.82, 2.24) is 0 Å². The molecular weight excluding hydrogens is 472 g/mol. The van der Waals surface area contributed by atoms with Crippen molar-refractivity contribution in [3.05, 3.63) is 0 Å². The molecule has 0 aromatic rings. The lowest BCUT2D eigenvalue weighted by molar-refractivity contribution is -0.157. The summed E-state index contributed by atoms with van der Waals surface area (Å²) in [5.41, 5.74) is 0. The van der Waals surface area contributed by atoms with E-state index in [0.29, 0.717) is 19.8 Å². The van der Waals surface area contributed by atoms with Gasteiger partial charge in [0.05, 0.1) is 25.7 Å². The first kappa shape index (κ1) is 35.2. The van der Waals surface area contributed by atoms with Crippen LogP contribution in [0.2, 0.25) is 0 Å². The summed E-state index contributed by atoms with van der Waals surface area (Å²) < 4.78 is 15.3. The fourth-order valence-corrected chi connectivity index (χ4v) is 4.38. The maximum Gasteiger partial charge on any atom is 0.325 e. The summed E-state index contributed by atoms with van der Waals surface area (Å²) >= 11 is 4.62. The van der Waals surface area contributed by atoms with Crippen LogP contribution in [-0.4, -0.2) is 42.6 Å². The molecule has 0 aliphatic heterocycles. The van der Waals surface area contributed by atoms with Crippen molar-refractivity contribution < 1.29 is 23.8 Å². The van der Waals surface area contributed by atoms with Gasteiger partial charge in [0.25, 0.3) is 0 Å². The Morgan fingerprint density at radius 3 is 1.50 bits per heavy atom.